The number of nitro benzene ring substituents is 1. The Morgan fingerprint density at radius 2 is 2.00 bits per heavy atom. The average molecular weight is 478 g/mol. The summed E-state index contributed by atoms with van der Waals surface area (Å²) in [6.45, 7) is 2.28. The fraction of sp³-hybridized carbons (Fsp3) is 0.200. The summed E-state index contributed by atoms with van der Waals surface area (Å²) in [7, 11) is 1.32. The Hall–Kier alpha value is -3.82. The molecular formula is C25H23N3O5S. The molecule has 2 aromatic carbocycles. The first-order valence-electron chi connectivity index (χ1n) is 10.7. The normalized spacial score (nSPS) is 13.4. The monoisotopic (exact) mass is 477 g/mol. The van der Waals surface area contributed by atoms with Gasteiger partial charge in [-0.3, -0.25) is 19.8 Å². The molecule has 1 amide bonds. The van der Waals surface area contributed by atoms with Gasteiger partial charge in [-0.15, -0.1) is 11.3 Å². The number of esters is 1. The predicted octanol–water partition coefficient (Wildman–Crippen LogP) is 4.65. The lowest BCUT2D eigenvalue weighted by Crippen LogP contribution is -2.29. The van der Waals surface area contributed by atoms with Gasteiger partial charge in [0.2, 0.25) is 5.91 Å². The minimum Gasteiger partial charge on any atom is -0.465 e. The summed E-state index contributed by atoms with van der Waals surface area (Å²) in [5.74, 6) is -0.914. The fourth-order valence-corrected chi connectivity index (χ4v) is 5.19. The zero-order valence-electron chi connectivity index (χ0n) is 18.5. The summed E-state index contributed by atoms with van der Waals surface area (Å²) in [4.78, 5) is 38.9. The maximum Gasteiger partial charge on any atom is 0.341 e. The third-order valence-electron chi connectivity index (χ3n) is 5.52. The molecule has 0 fully saturated rings. The van der Waals surface area contributed by atoms with Crippen molar-refractivity contribution >= 4 is 40.0 Å². The van der Waals surface area contributed by atoms with E-state index in [-0.39, 0.29) is 5.69 Å². The molecule has 2 heterocycles. The molecule has 0 bridgehead atoms. The summed E-state index contributed by atoms with van der Waals surface area (Å²) in [5.41, 5.74) is 3.01. The van der Waals surface area contributed by atoms with E-state index >= 15 is 0 Å². The van der Waals surface area contributed by atoms with Crippen molar-refractivity contribution < 1.29 is 19.2 Å². The van der Waals surface area contributed by atoms with E-state index in [2.05, 4.69) is 22.3 Å². The van der Waals surface area contributed by atoms with Crippen molar-refractivity contribution in [3.8, 4) is 0 Å². The second-order valence-electron chi connectivity index (χ2n) is 7.82. The van der Waals surface area contributed by atoms with Crippen LogP contribution in [0.25, 0.3) is 6.08 Å². The number of non-ortho nitro benzene ring substituents is 1. The maximum absolute atomic E-state index is 12.6. The molecule has 1 aromatic heterocycles. The summed E-state index contributed by atoms with van der Waals surface area (Å²) < 4.78 is 4.99. The van der Waals surface area contributed by atoms with Crippen LogP contribution in [0.2, 0.25) is 0 Å². The van der Waals surface area contributed by atoms with E-state index < -0.39 is 16.8 Å². The third kappa shape index (κ3) is 5.38. The minimum atomic E-state index is -0.489. The smallest absolute Gasteiger partial charge is 0.341 e. The van der Waals surface area contributed by atoms with E-state index in [0.29, 0.717) is 29.1 Å². The van der Waals surface area contributed by atoms with Crippen LogP contribution in [0.15, 0.2) is 60.7 Å². The van der Waals surface area contributed by atoms with Gasteiger partial charge in [0.25, 0.3) is 5.69 Å². The highest BCUT2D eigenvalue weighted by atomic mass is 32.1. The first kappa shape index (κ1) is 23.3. The van der Waals surface area contributed by atoms with Crippen molar-refractivity contribution in [1.82, 2.24) is 4.90 Å². The zero-order valence-corrected chi connectivity index (χ0v) is 19.3. The second-order valence-corrected chi connectivity index (χ2v) is 8.93. The van der Waals surface area contributed by atoms with Gasteiger partial charge in [0.05, 0.1) is 17.6 Å². The van der Waals surface area contributed by atoms with Gasteiger partial charge < -0.3 is 10.1 Å². The Kier molecular flexibility index (Phi) is 7.15. The first-order valence-corrected chi connectivity index (χ1v) is 11.5. The van der Waals surface area contributed by atoms with Gasteiger partial charge in [0, 0.05) is 42.7 Å². The number of hydrogen-bond donors (Lipinski definition) is 1. The molecule has 0 atom stereocenters. The number of carbonyl (C=O) groups is 2. The van der Waals surface area contributed by atoms with Gasteiger partial charge in [-0.1, -0.05) is 42.5 Å². The van der Waals surface area contributed by atoms with Crippen molar-refractivity contribution in [2.45, 2.75) is 19.5 Å². The summed E-state index contributed by atoms with van der Waals surface area (Å²) in [6.07, 6.45) is 3.47. The molecule has 3 aromatic rings. The SMILES string of the molecule is COC(=O)c1c(NC(=O)/C=C\c2cccc([N+](=O)[O-])c2)sc2c1CCN(Cc1ccccc1)C2. The Bertz CT molecular complexity index is 1250. The highest BCUT2D eigenvalue weighted by molar-refractivity contribution is 7.17. The molecule has 0 saturated carbocycles. The van der Waals surface area contributed by atoms with Crippen molar-refractivity contribution in [2.75, 3.05) is 19.0 Å². The standard InChI is InChI=1S/C25H23N3O5S/c1-33-25(30)23-20-12-13-27(15-18-6-3-2-4-7-18)16-21(20)34-24(23)26-22(29)11-10-17-8-5-9-19(14-17)28(31)32/h2-11,14H,12-13,15-16H2,1H3,(H,26,29)/b11-10-. The van der Waals surface area contributed by atoms with E-state index in [1.807, 2.05) is 18.2 Å². The number of thiophene rings is 1. The molecule has 1 aliphatic rings. The fourth-order valence-electron chi connectivity index (χ4n) is 3.91. The Labute approximate surface area is 200 Å². The van der Waals surface area contributed by atoms with E-state index in [9.17, 15) is 19.7 Å². The van der Waals surface area contributed by atoms with Crippen molar-refractivity contribution in [3.05, 3.63) is 97.9 Å². The van der Waals surface area contributed by atoms with Crippen LogP contribution in [-0.2, 0) is 29.0 Å². The first-order chi connectivity index (χ1) is 16.4. The summed E-state index contributed by atoms with van der Waals surface area (Å²) >= 11 is 1.38. The number of fused-ring (bicyclic) bond motifs is 1. The molecule has 0 aliphatic carbocycles. The minimum absolute atomic E-state index is 0.0541. The molecule has 4 rings (SSSR count). The lowest BCUT2D eigenvalue weighted by atomic mass is 10.0. The molecule has 8 nitrogen and oxygen atoms in total. The molecule has 1 N–H and O–H groups in total. The Morgan fingerprint density at radius 3 is 2.74 bits per heavy atom. The van der Waals surface area contributed by atoms with Crippen LogP contribution in [0.4, 0.5) is 10.7 Å². The third-order valence-corrected chi connectivity index (χ3v) is 6.65. The number of anilines is 1. The number of nitro groups is 1. The molecule has 0 unspecified atom stereocenters. The number of carbonyl (C=O) groups excluding carboxylic acids is 2. The van der Waals surface area contributed by atoms with E-state index in [0.717, 1.165) is 23.5 Å². The molecular weight excluding hydrogens is 454 g/mol. The van der Waals surface area contributed by atoms with Gasteiger partial charge in [-0.05, 0) is 29.2 Å². The highest BCUT2D eigenvalue weighted by Crippen LogP contribution is 2.38. The molecule has 1 aliphatic heterocycles. The molecule has 34 heavy (non-hydrogen) atoms. The lowest BCUT2D eigenvalue weighted by molar-refractivity contribution is -0.384. The molecule has 0 spiro atoms. The Morgan fingerprint density at radius 1 is 1.21 bits per heavy atom. The van der Waals surface area contributed by atoms with E-state index in [1.165, 1.54) is 48.3 Å². The number of hydrogen-bond acceptors (Lipinski definition) is 7. The van der Waals surface area contributed by atoms with Gasteiger partial charge in [-0.2, -0.15) is 0 Å². The number of rotatable bonds is 7. The lowest BCUT2D eigenvalue weighted by Gasteiger charge is -2.27. The largest absolute Gasteiger partial charge is 0.465 e. The second kappa shape index (κ2) is 10.4. The van der Waals surface area contributed by atoms with Gasteiger partial charge in [0.15, 0.2) is 0 Å². The van der Waals surface area contributed by atoms with Crippen molar-refractivity contribution in [2.24, 2.45) is 0 Å². The number of amides is 1. The molecule has 0 radical (unpaired) electrons. The van der Waals surface area contributed by atoms with Crippen LogP contribution in [-0.4, -0.2) is 35.4 Å². The molecule has 174 valence electrons. The Balaban J connectivity index is 1.51. The summed E-state index contributed by atoms with van der Waals surface area (Å²) in [5, 5.41) is 14.2. The average Bonchev–Trinajstić information content (AvgIpc) is 3.20. The zero-order chi connectivity index (χ0) is 24.1. The number of nitrogens with one attached hydrogen (secondary N) is 1. The highest BCUT2D eigenvalue weighted by Gasteiger charge is 2.29. The summed E-state index contributed by atoms with van der Waals surface area (Å²) in [6, 6.07) is 16.2. The maximum atomic E-state index is 12.6. The van der Waals surface area contributed by atoms with Crippen LogP contribution in [0, 0.1) is 10.1 Å². The van der Waals surface area contributed by atoms with Crippen LogP contribution in [0.5, 0.6) is 0 Å². The van der Waals surface area contributed by atoms with Crippen molar-refractivity contribution in [1.29, 1.82) is 0 Å². The number of benzene rings is 2. The molecule has 0 saturated heterocycles. The van der Waals surface area contributed by atoms with Crippen LogP contribution < -0.4 is 5.32 Å². The number of nitrogens with zero attached hydrogens (tertiary/aromatic N) is 2. The van der Waals surface area contributed by atoms with Gasteiger partial charge in [0.1, 0.15) is 5.00 Å². The van der Waals surface area contributed by atoms with E-state index in [4.69, 9.17) is 4.74 Å². The molecule has 9 heteroatoms. The predicted molar refractivity (Wildman–Crippen MR) is 131 cm³/mol. The van der Waals surface area contributed by atoms with Gasteiger partial charge >= 0.3 is 5.97 Å². The van der Waals surface area contributed by atoms with E-state index in [1.54, 1.807) is 12.1 Å². The number of ether oxygens (including phenoxy) is 1. The number of methoxy groups -OCH3 is 1. The van der Waals surface area contributed by atoms with Crippen LogP contribution >= 0.6 is 11.3 Å². The van der Waals surface area contributed by atoms with Crippen LogP contribution in [0.1, 0.15) is 31.9 Å². The van der Waals surface area contributed by atoms with Crippen molar-refractivity contribution in [3.63, 3.8) is 0 Å². The quantitative estimate of drug-likeness (QED) is 0.230. The van der Waals surface area contributed by atoms with Gasteiger partial charge in [-0.25, -0.2) is 4.79 Å². The van der Waals surface area contributed by atoms with Crippen LogP contribution in [0.3, 0.4) is 0 Å². The topological polar surface area (TPSA) is 102 Å².